The summed E-state index contributed by atoms with van der Waals surface area (Å²) in [6, 6.07) is 18.4. The Morgan fingerprint density at radius 3 is 2.38 bits per heavy atom. The molecule has 0 spiro atoms. The van der Waals surface area contributed by atoms with Crippen molar-refractivity contribution in [3.05, 3.63) is 94.6 Å². The molecule has 1 fully saturated rings. The molecule has 4 rings (SSSR count). The van der Waals surface area contributed by atoms with Crippen molar-refractivity contribution >= 4 is 40.6 Å². The largest absolute Gasteiger partial charge is 0.493 e. The highest BCUT2D eigenvalue weighted by Crippen LogP contribution is 2.37. The number of thioether (sulfide) groups is 1. The maximum atomic E-state index is 13.1. The van der Waals surface area contributed by atoms with E-state index in [9.17, 15) is 18.8 Å². The number of rotatable bonds is 5. The van der Waals surface area contributed by atoms with E-state index in [-0.39, 0.29) is 27.2 Å². The first-order valence-electron chi connectivity index (χ1n) is 9.45. The summed E-state index contributed by atoms with van der Waals surface area (Å²) < 4.78 is 23.7. The molecule has 3 aromatic rings. The number of hydrogen-bond acceptors (Lipinski definition) is 6. The lowest BCUT2D eigenvalue weighted by Crippen LogP contribution is -2.27. The van der Waals surface area contributed by atoms with Gasteiger partial charge in [0.05, 0.1) is 23.3 Å². The van der Waals surface area contributed by atoms with Crippen LogP contribution in [-0.4, -0.2) is 24.2 Å². The molecule has 1 heterocycles. The molecule has 160 valence electrons. The van der Waals surface area contributed by atoms with Gasteiger partial charge in [0.1, 0.15) is 5.82 Å². The molecule has 2 amide bonds. The molecule has 1 aliphatic heterocycles. The number of amides is 2. The lowest BCUT2D eigenvalue weighted by Gasteiger charge is -2.12. The summed E-state index contributed by atoms with van der Waals surface area (Å²) in [7, 11) is 1.41. The smallest absolute Gasteiger partial charge is 0.343 e. The zero-order valence-electron chi connectivity index (χ0n) is 16.8. The Morgan fingerprint density at radius 2 is 1.69 bits per heavy atom. The molecule has 32 heavy (non-hydrogen) atoms. The lowest BCUT2D eigenvalue weighted by molar-refractivity contribution is -0.113. The quantitative estimate of drug-likeness (QED) is 0.299. The molecule has 0 aromatic heterocycles. The Bertz CT molecular complexity index is 1220. The summed E-state index contributed by atoms with van der Waals surface area (Å²) in [5, 5.41) is -0.385. The topological polar surface area (TPSA) is 72.9 Å². The van der Waals surface area contributed by atoms with Crippen molar-refractivity contribution in [3.63, 3.8) is 0 Å². The van der Waals surface area contributed by atoms with Crippen LogP contribution in [0.2, 0.25) is 0 Å². The van der Waals surface area contributed by atoms with Crippen LogP contribution in [-0.2, 0) is 4.79 Å². The number of halogens is 1. The fourth-order valence-electron chi connectivity index (χ4n) is 3.02. The summed E-state index contributed by atoms with van der Waals surface area (Å²) >= 11 is 0.840. The molecule has 6 nitrogen and oxygen atoms in total. The highest BCUT2D eigenvalue weighted by molar-refractivity contribution is 8.19. The maximum absolute atomic E-state index is 13.1. The first kappa shape index (κ1) is 21.3. The number of carbonyl (C=O) groups is 3. The lowest BCUT2D eigenvalue weighted by atomic mass is 10.1. The number of para-hydroxylation sites is 1. The van der Waals surface area contributed by atoms with Crippen molar-refractivity contribution in [1.29, 1.82) is 0 Å². The minimum atomic E-state index is -0.667. The number of ether oxygens (including phenoxy) is 2. The van der Waals surface area contributed by atoms with Gasteiger partial charge in [-0.25, -0.2) is 14.1 Å². The Morgan fingerprint density at radius 1 is 0.969 bits per heavy atom. The summed E-state index contributed by atoms with van der Waals surface area (Å²) in [6.07, 6.45) is 1.57. The summed E-state index contributed by atoms with van der Waals surface area (Å²) in [5.74, 6) is -1.12. The van der Waals surface area contributed by atoms with Crippen LogP contribution >= 0.6 is 11.8 Å². The van der Waals surface area contributed by atoms with Gasteiger partial charge in [-0.3, -0.25) is 9.59 Å². The molecule has 0 saturated carbocycles. The zero-order chi connectivity index (χ0) is 22.7. The third-order valence-corrected chi connectivity index (χ3v) is 5.45. The second-order valence-corrected chi connectivity index (χ2v) is 7.65. The Hall–Kier alpha value is -3.91. The van der Waals surface area contributed by atoms with E-state index in [1.165, 1.54) is 37.4 Å². The van der Waals surface area contributed by atoms with Crippen molar-refractivity contribution in [2.45, 2.75) is 0 Å². The summed E-state index contributed by atoms with van der Waals surface area (Å²) in [5.41, 5.74) is 1.27. The van der Waals surface area contributed by atoms with Crippen molar-refractivity contribution < 1.29 is 28.2 Å². The molecule has 0 aliphatic carbocycles. The third-order valence-electron chi connectivity index (χ3n) is 4.58. The van der Waals surface area contributed by atoms with Crippen molar-refractivity contribution in [2.75, 3.05) is 12.0 Å². The molecule has 0 N–H and O–H groups in total. The molecule has 0 atom stereocenters. The molecule has 0 radical (unpaired) electrons. The van der Waals surface area contributed by atoms with Gasteiger partial charge in [-0.15, -0.1) is 0 Å². The summed E-state index contributed by atoms with van der Waals surface area (Å²) in [6.45, 7) is 0. The van der Waals surface area contributed by atoms with E-state index in [4.69, 9.17) is 9.47 Å². The molecular formula is C24H16FNO5S. The highest BCUT2D eigenvalue weighted by Gasteiger charge is 2.36. The van der Waals surface area contributed by atoms with Crippen molar-refractivity contribution in [3.8, 4) is 11.5 Å². The van der Waals surface area contributed by atoms with Crippen LogP contribution in [0.5, 0.6) is 11.5 Å². The van der Waals surface area contributed by atoms with E-state index in [2.05, 4.69) is 0 Å². The average Bonchev–Trinajstić information content (AvgIpc) is 3.08. The molecular weight excluding hydrogens is 433 g/mol. The fourth-order valence-corrected chi connectivity index (χ4v) is 3.86. The van der Waals surface area contributed by atoms with Gasteiger partial charge >= 0.3 is 5.97 Å². The Balaban J connectivity index is 1.56. The van der Waals surface area contributed by atoms with Gasteiger partial charge < -0.3 is 9.47 Å². The number of benzene rings is 3. The number of esters is 1. The van der Waals surface area contributed by atoms with E-state index in [1.807, 2.05) is 0 Å². The average molecular weight is 449 g/mol. The standard InChI is InChI=1S/C24H16FNO5S/c1-30-20-13-15(7-12-19(20)31-23(28)16-8-10-17(25)11-9-16)14-21-22(27)26(24(29)32-21)18-5-3-2-4-6-18/h2-14H,1H3. The minimum Gasteiger partial charge on any atom is -0.493 e. The molecule has 3 aromatic carbocycles. The third kappa shape index (κ3) is 4.40. The number of nitrogens with zero attached hydrogens (tertiary/aromatic N) is 1. The monoisotopic (exact) mass is 449 g/mol. The fraction of sp³-hybridized carbons (Fsp3) is 0.0417. The predicted octanol–water partition coefficient (Wildman–Crippen LogP) is 5.29. The van der Waals surface area contributed by atoms with E-state index < -0.39 is 17.7 Å². The van der Waals surface area contributed by atoms with Crippen LogP contribution in [0.4, 0.5) is 14.9 Å². The second kappa shape index (κ2) is 9.07. The molecule has 8 heteroatoms. The van der Waals surface area contributed by atoms with Gasteiger partial charge in [0, 0.05) is 0 Å². The minimum absolute atomic E-state index is 0.163. The van der Waals surface area contributed by atoms with Gasteiger partial charge in [-0.1, -0.05) is 24.3 Å². The highest BCUT2D eigenvalue weighted by atomic mass is 32.2. The number of carbonyl (C=O) groups excluding carboxylic acids is 3. The Kier molecular flexibility index (Phi) is 6.04. The van der Waals surface area contributed by atoms with Crippen molar-refractivity contribution in [1.82, 2.24) is 0 Å². The van der Waals surface area contributed by atoms with Gasteiger partial charge in [-0.05, 0) is 71.9 Å². The van der Waals surface area contributed by atoms with Crippen LogP contribution in [0.1, 0.15) is 15.9 Å². The van der Waals surface area contributed by atoms with E-state index in [1.54, 1.807) is 48.5 Å². The van der Waals surface area contributed by atoms with Crippen LogP contribution in [0, 0.1) is 5.82 Å². The van der Waals surface area contributed by atoms with Crippen LogP contribution in [0.3, 0.4) is 0 Å². The normalized spacial score (nSPS) is 14.7. The van der Waals surface area contributed by atoms with Gasteiger partial charge in [0.25, 0.3) is 11.1 Å². The van der Waals surface area contributed by atoms with Crippen LogP contribution in [0.15, 0.2) is 77.7 Å². The van der Waals surface area contributed by atoms with E-state index in [0.29, 0.717) is 11.3 Å². The number of anilines is 1. The van der Waals surface area contributed by atoms with E-state index >= 15 is 0 Å². The second-order valence-electron chi connectivity index (χ2n) is 6.66. The molecule has 0 unspecified atom stereocenters. The van der Waals surface area contributed by atoms with Gasteiger partial charge in [0.15, 0.2) is 11.5 Å². The number of methoxy groups -OCH3 is 1. The van der Waals surface area contributed by atoms with E-state index in [0.717, 1.165) is 16.7 Å². The van der Waals surface area contributed by atoms with Crippen LogP contribution < -0.4 is 14.4 Å². The maximum Gasteiger partial charge on any atom is 0.343 e. The first-order chi connectivity index (χ1) is 15.5. The molecule has 0 bridgehead atoms. The van der Waals surface area contributed by atoms with Gasteiger partial charge in [0.2, 0.25) is 0 Å². The SMILES string of the molecule is COc1cc(C=C2SC(=O)N(c3ccccc3)C2=O)ccc1OC(=O)c1ccc(F)cc1. The summed E-state index contributed by atoms with van der Waals surface area (Å²) in [4.78, 5) is 38.8. The first-order valence-corrected chi connectivity index (χ1v) is 10.3. The van der Waals surface area contributed by atoms with Gasteiger partial charge in [-0.2, -0.15) is 0 Å². The Labute approximate surface area is 187 Å². The van der Waals surface area contributed by atoms with Crippen LogP contribution in [0.25, 0.3) is 6.08 Å². The molecule has 1 aliphatic rings. The predicted molar refractivity (Wildman–Crippen MR) is 119 cm³/mol. The zero-order valence-corrected chi connectivity index (χ0v) is 17.6. The number of hydrogen-bond donors (Lipinski definition) is 0. The molecule has 1 saturated heterocycles. The van der Waals surface area contributed by atoms with Crippen molar-refractivity contribution in [2.24, 2.45) is 0 Å². The number of imide groups is 1.